The van der Waals surface area contributed by atoms with Gasteiger partial charge in [-0.25, -0.2) is 0 Å². The van der Waals surface area contributed by atoms with Gasteiger partial charge >= 0.3 is 5.97 Å². The van der Waals surface area contributed by atoms with Gasteiger partial charge in [0.1, 0.15) is 6.10 Å². The molecule has 1 rings (SSSR count). The molecule has 0 bridgehead atoms. The van der Waals surface area contributed by atoms with Gasteiger partial charge in [-0.05, 0) is 12.8 Å². The molecule has 1 saturated heterocycles. The van der Waals surface area contributed by atoms with Gasteiger partial charge in [0, 0.05) is 5.75 Å². The van der Waals surface area contributed by atoms with E-state index < -0.39 is 0 Å². The van der Waals surface area contributed by atoms with Gasteiger partial charge < -0.3 is 10.5 Å². The fourth-order valence-corrected chi connectivity index (χ4v) is 2.81. The summed E-state index contributed by atoms with van der Waals surface area (Å²) in [6.45, 7) is 2.20. The summed E-state index contributed by atoms with van der Waals surface area (Å²) in [5, 5.41) is 7.23. The summed E-state index contributed by atoms with van der Waals surface area (Å²) in [4.78, 5) is 11.6. The summed E-state index contributed by atoms with van der Waals surface area (Å²) in [6, 6.07) is 0. The first-order valence-corrected chi connectivity index (χ1v) is 7.79. The van der Waals surface area contributed by atoms with Gasteiger partial charge in [-0.3, -0.25) is 10.2 Å². The van der Waals surface area contributed by atoms with Gasteiger partial charge in [0.25, 0.3) is 0 Å². The van der Waals surface area contributed by atoms with E-state index >= 15 is 0 Å². The molecule has 1 aliphatic heterocycles. The Morgan fingerprint density at radius 2 is 2.17 bits per heavy atom. The van der Waals surface area contributed by atoms with Gasteiger partial charge in [0.05, 0.1) is 5.92 Å². The van der Waals surface area contributed by atoms with Crippen molar-refractivity contribution in [3.63, 3.8) is 0 Å². The van der Waals surface area contributed by atoms with E-state index in [0.717, 1.165) is 19.3 Å². The number of esters is 1. The SMILES string of the molecule is CCCCCCC[C@@H]1C[C@H](CSC(=N)N)OC1=O. The second-order valence-corrected chi connectivity index (χ2v) is 5.93. The molecule has 2 atom stereocenters. The van der Waals surface area contributed by atoms with E-state index in [1.54, 1.807) is 0 Å². The number of unbranched alkanes of at least 4 members (excludes halogenated alkanes) is 4. The molecule has 1 fully saturated rings. The largest absolute Gasteiger partial charge is 0.461 e. The Kier molecular flexibility index (Phi) is 7.16. The van der Waals surface area contributed by atoms with Crippen molar-refractivity contribution in [1.82, 2.24) is 0 Å². The first-order valence-electron chi connectivity index (χ1n) is 6.80. The molecule has 3 N–H and O–H groups in total. The second-order valence-electron chi connectivity index (χ2n) is 4.87. The molecule has 0 radical (unpaired) electrons. The molecule has 0 spiro atoms. The normalized spacial score (nSPS) is 23.1. The van der Waals surface area contributed by atoms with Crippen molar-refractivity contribution in [3.8, 4) is 0 Å². The minimum absolute atomic E-state index is 0.0490. The molecule has 5 heteroatoms. The second kappa shape index (κ2) is 8.40. The third-order valence-corrected chi connectivity index (χ3v) is 4.09. The molecule has 1 heterocycles. The number of thioether (sulfide) groups is 1. The van der Waals surface area contributed by atoms with E-state index in [0.29, 0.717) is 5.75 Å². The third kappa shape index (κ3) is 5.76. The average molecular weight is 272 g/mol. The molecule has 0 saturated carbocycles. The van der Waals surface area contributed by atoms with Crippen molar-refractivity contribution < 1.29 is 9.53 Å². The molecule has 18 heavy (non-hydrogen) atoms. The Balaban J connectivity index is 2.15. The van der Waals surface area contributed by atoms with Crippen LogP contribution in [0.2, 0.25) is 0 Å². The molecule has 104 valence electrons. The summed E-state index contributed by atoms with van der Waals surface area (Å²) in [6.07, 6.45) is 7.82. The number of nitrogens with two attached hydrogens (primary N) is 1. The zero-order valence-corrected chi connectivity index (χ0v) is 11.9. The first kappa shape index (κ1) is 15.3. The fourth-order valence-electron chi connectivity index (χ4n) is 2.24. The Hall–Kier alpha value is -0.710. The van der Waals surface area contributed by atoms with Crippen LogP contribution in [-0.2, 0) is 9.53 Å². The molecule has 0 aromatic carbocycles. The van der Waals surface area contributed by atoms with Gasteiger partial charge in [0.2, 0.25) is 0 Å². The standard InChI is InChI=1S/C13H24N2O2S/c1-2-3-4-5-6-7-10-8-11(17-12(10)16)9-18-13(14)15/h10-11H,2-9H2,1H3,(H3,14,15)/t10-,11-/m1/s1. The Morgan fingerprint density at radius 3 is 2.83 bits per heavy atom. The number of rotatable bonds is 8. The van der Waals surface area contributed by atoms with Crippen LogP contribution < -0.4 is 5.73 Å². The van der Waals surface area contributed by atoms with Gasteiger partial charge in [-0.15, -0.1) is 0 Å². The van der Waals surface area contributed by atoms with Gasteiger partial charge in [-0.1, -0.05) is 50.8 Å². The van der Waals surface area contributed by atoms with Gasteiger partial charge in [0.15, 0.2) is 5.17 Å². The highest BCUT2D eigenvalue weighted by molar-refractivity contribution is 8.13. The van der Waals surface area contributed by atoms with Crippen LogP contribution in [-0.4, -0.2) is 23.0 Å². The Bertz CT molecular complexity index is 284. The maximum Gasteiger partial charge on any atom is 0.309 e. The van der Waals surface area contributed by atoms with E-state index in [1.807, 2.05) is 0 Å². The van der Waals surface area contributed by atoms with Crippen molar-refractivity contribution in [1.29, 1.82) is 5.41 Å². The minimum Gasteiger partial charge on any atom is -0.461 e. The zero-order valence-electron chi connectivity index (χ0n) is 11.1. The summed E-state index contributed by atoms with van der Waals surface area (Å²) >= 11 is 1.25. The van der Waals surface area contributed by atoms with E-state index in [9.17, 15) is 4.79 Å². The Labute approximate surface area is 114 Å². The van der Waals surface area contributed by atoms with Crippen LogP contribution in [0.5, 0.6) is 0 Å². The molecular formula is C13H24N2O2S. The van der Waals surface area contributed by atoms with Crippen molar-refractivity contribution in [2.24, 2.45) is 11.7 Å². The van der Waals surface area contributed by atoms with E-state index in [1.165, 1.54) is 37.4 Å². The molecule has 0 unspecified atom stereocenters. The highest BCUT2D eigenvalue weighted by Crippen LogP contribution is 2.28. The molecule has 0 aromatic heterocycles. The first-order chi connectivity index (χ1) is 8.63. The van der Waals surface area contributed by atoms with E-state index in [4.69, 9.17) is 15.9 Å². The third-order valence-electron chi connectivity index (χ3n) is 3.24. The highest BCUT2D eigenvalue weighted by Gasteiger charge is 2.33. The monoisotopic (exact) mass is 272 g/mol. The minimum atomic E-state index is -0.0559. The summed E-state index contributed by atoms with van der Waals surface area (Å²) < 4.78 is 5.29. The molecular weight excluding hydrogens is 248 g/mol. The number of amidine groups is 1. The Morgan fingerprint density at radius 1 is 1.44 bits per heavy atom. The number of carbonyl (C=O) groups is 1. The topological polar surface area (TPSA) is 76.2 Å². The van der Waals surface area contributed by atoms with Crippen molar-refractivity contribution in [2.75, 3.05) is 5.75 Å². The summed E-state index contributed by atoms with van der Waals surface area (Å²) in [5.41, 5.74) is 5.27. The van der Waals surface area contributed by atoms with Gasteiger partial charge in [-0.2, -0.15) is 0 Å². The lowest BCUT2D eigenvalue weighted by Gasteiger charge is -2.06. The summed E-state index contributed by atoms with van der Waals surface area (Å²) in [5.74, 6) is 0.636. The van der Waals surface area contributed by atoms with Crippen LogP contribution in [0.4, 0.5) is 0 Å². The lowest BCUT2D eigenvalue weighted by Crippen LogP contribution is -2.14. The quantitative estimate of drug-likeness (QED) is 0.308. The lowest BCUT2D eigenvalue weighted by atomic mass is 9.97. The van der Waals surface area contributed by atoms with E-state index in [2.05, 4.69) is 6.92 Å². The van der Waals surface area contributed by atoms with Crippen molar-refractivity contribution in [2.45, 2.75) is 58.0 Å². The number of carbonyl (C=O) groups excluding carboxylic acids is 1. The molecule has 0 aromatic rings. The predicted molar refractivity (Wildman–Crippen MR) is 75.7 cm³/mol. The van der Waals surface area contributed by atoms with Crippen LogP contribution in [0, 0.1) is 11.3 Å². The van der Waals surface area contributed by atoms with Crippen molar-refractivity contribution >= 4 is 22.9 Å². The van der Waals surface area contributed by atoms with Crippen LogP contribution in [0.25, 0.3) is 0 Å². The molecule has 0 amide bonds. The molecule has 4 nitrogen and oxygen atoms in total. The number of hydrogen-bond acceptors (Lipinski definition) is 4. The highest BCUT2D eigenvalue weighted by atomic mass is 32.2. The molecule has 0 aliphatic carbocycles. The van der Waals surface area contributed by atoms with Crippen LogP contribution in [0.3, 0.4) is 0 Å². The van der Waals surface area contributed by atoms with Crippen LogP contribution >= 0.6 is 11.8 Å². The number of cyclic esters (lactones) is 1. The molecule has 1 aliphatic rings. The van der Waals surface area contributed by atoms with E-state index in [-0.39, 0.29) is 23.2 Å². The maximum atomic E-state index is 11.6. The number of nitrogens with one attached hydrogen (secondary N) is 1. The number of ether oxygens (including phenoxy) is 1. The fraction of sp³-hybridized carbons (Fsp3) is 0.846. The van der Waals surface area contributed by atoms with Crippen LogP contribution in [0.15, 0.2) is 0 Å². The smallest absolute Gasteiger partial charge is 0.309 e. The summed E-state index contributed by atoms with van der Waals surface area (Å²) in [7, 11) is 0. The average Bonchev–Trinajstić information content (AvgIpc) is 2.67. The predicted octanol–water partition coefficient (Wildman–Crippen LogP) is 2.91. The maximum absolute atomic E-state index is 11.6. The number of hydrogen-bond donors (Lipinski definition) is 2. The van der Waals surface area contributed by atoms with Crippen molar-refractivity contribution in [3.05, 3.63) is 0 Å². The van der Waals surface area contributed by atoms with Crippen LogP contribution in [0.1, 0.15) is 51.9 Å². The zero-order chi connectivity index (χ0) is 13.4. The lowest BCUT2D eigenvalue weighted by molar-refractivity contribution is -0.143.